The van der Waals surface area contributed by atoms with Gasteiger partial charge in [-0.25, -0.2) is 0 Å². The van der Waals surface area contributed by atoms with E-state index < -0.39 is 0 Å². The highest BCUT2D eigenvalue weighted by molar-refractivity contribution is 5.29. The smallest absolute Gasteiger partial charge is 0.244 e. The van der Waals surface area contributed by atoms with Gasteiger partial charge in [0.2, 0.25) is 5.95 Å². The van der Waals surface area contributed by atoms with E-state index in [1.54, 1.807) is 7.11 Å². The second-order valence-electron chi connectivity index (χ2n) is 4.82. The molecule has 108 valence electrons. The zero-order valence-corrected chi connectivity index (χ0v) is 11.5. The third-order valence-corrected chi connectivity index (χ3v) is 3.33. The number of aromatic amines is 1. The summed E-state index contributed by atoms with van der Waals surface area (Å²) in [4.78, 5) is 6.64. The van der Waals surface area contributed by atoms with Crippen molar-refractivity contribution in [1.82, 2.24) is 15.2 Å². The lowest BCUT2D eigenvalue weighted by atomic mass is 9.99. The van der Waals surface area contributed by atoms with Gasteiger partial charge < -0.3 is 20.1 Å². The first-order chi connectivity index (χ1) is 9.33. The number of rotatable bonds is 7. The van der Waals surface area contributed by atoms with Gasteiger partial charge in [-0.1, -0.05) is 0 Å². The molecule has 7 nitrogen and oxygen atoms in total. The fourth-order valence-electron chi connectivity index (χ4n) is 2.24. The SMILES string of the molecule is COCCOCc1nc(N2CCCC(CN)C2)n[nH]1. The lowest BCUT2D eigenvalue weighted by molar-refractivity contribution is 0.0587. The van der Waals surface area contributed by atoms with Crippen LogP contribution < -0.4 is 10.6 Å². The van der Waals surface area contributed by atoms with Gasteiger partial charge in [-0.2, -0.15) is 4.98 Å². The molecule has 1 fully saturated rings. The van der Waals surface area contributed by atoms with Crippen LogP contribution >= 0.6 is 0 Å². The molecule has 1 saturated heterocycles. The van der Waals surface area contributed by atoms with E-state index in [0.29, 0.717) is 25.7 Å². The van der Waals surface area contributed by atoms with Gasteiger partial charge in [-0.3, -0.25) is 5.10 Å². The Kier molecular flexibility index (Phi) is 5.56. The second kappa shape index (κ2) is 7.42. The van der Waals surface area contributed by atoms with Gasteiger partial charge in [0.1, 0.15) is 6.61 Å². The summed E-state index contributed by atoms with van der Waals surface area (Å²) < 4.78 is 10.3. The van der Waals surface area contributed by atoms with Gasteiger partial charge in [-0.15, -0.1) is 5.10 Å². The molecule has 1 atom stereocenters. The Bertz CT molecular complexity index is 371. The Morgan fingerprint density at radius 3 is 3.16 bits per heavy atom. The Labute approximate surface area is 113 Å². The molecule has 1 aromatic heterocycles. The average Bonchev–Trinajstić information content (AvgIpc) is 2.92. The summed E-state index contributed by atoms with van der Waals surface area (Å²) in [5, 5.41) is 7.16. The van der Waals surface area contributed by atoms with Crippen LogP contribution in [-0.2, 0) is 16.1 Å². The number of nitrogens with zero attached hydrogens (tertiary/aromatic N) is 3. The molecule has 0 aromatic carbocycles. The van der Waals surface area contributed by atoms with Crippen molar-refractivity contribution in [2.45, 2.75) is 19.4 Å². The third-order valence-electron chi connectivity index (χ3n) is 3.33. The number of nitrogens with two attached hydrogens (primary N) is 1. The first-order valence-corrected chi connectivity index (χ1v) is 6.76. The molecule has 2 heterocycles. The molecule has 0 bridgehead atoms. The summed E-state index contributed by atoms with van der Waals surface area (Å²) in [6, 6.07) is 0. The van der Waals surface area contributed by atoms with Gasteiger partial charge in [0.05, 0.1) is 13.2 Å². The quantitative estimate of drug-likeness (QED) is 0.685. The molecule has 0 radical (unpaired) electrons. The number of anilines is 1. The van der Waals surface area contributed by atoms with Crippen LogP contribution in [0.3, 0.4) is 0 Å². The summed E-state index contributed by atoms with van der Waals surface area (Å²) in [6.07, 6.45) is 2.35. The van der Waals surface area contributed by atoms with E-state index in [2.05, 4.69) is 20.1 Å². The van der Waals surface area contributed by atoms with Crippen LogP contribution in [0.2, 0.25) is 0 Å². The molecule has 7 heteroatoms. The standard InChI is InChI=1S/C12H23N5O2/c1-18-5-6-19-9-11-14-12(16-15-11)17-4-2-3-10(7-13)8-17/h10H,2-9,13H2,1H3,(H,14,15,16). The number of nitrogens with one attached hydrogen (secondary N) is 1. The molecule has 1 aromatic rings. The molecule has 0 saturated carbocycles. The largest absolute Gasteiger partial charge is 0.382 e. The molecule has 0 aliphatic carbocycles. The van der Waals surface area contributed by atoms with E-state index in [4.69, 9.17) is 15.2 Å². The van der Waals surface area contributed by atoms with Crippen molar-refractivity contribution in [2.24, 2.45) is 11.7 Å². The lowest BCUT2D eigenvalue weighted by Gasteiger charge is -2.31. The summed E-state index contributed by atoms with van der Waals surface area (Å²) in [7, 11) is 1.65. The van der Waals surface area contributed by atoms with Crippen LogP contribution in [-0.4, -0.2) is 55.1 Å². The van der Waals surface area contributed by atoms with Gasteiger partial charge in [-0.05, 0) is 25.3 Å². The van der Waals surface area contributed by atoms with Crippen molar-refractivity contribution in [3.05, 3.63) is 5.82 Å². The number of H-pyrrole nitrogens is 1. The highest BCUT2D eigenvalue weighted by atomic mass is 16.5. The van der Waals surface area contributed by atoms with Gasteiger partial charge in [0.15, 0.2) is 5.82 Å². The zero-order chi connectivity index (χ0) is 13.5. The Morgan fingerprint density at radius 2 is 2.37 bits per heavy atom. The number of hydrogen-bond donors (Lipinski definition) is 2. The number of piperidine rings is 1. The van der Waals surface area contributed by atoms with Crippen molar-refractivity contribution in [2.75, 3.05) is 44.9 Å². The van der Waals surface area contributed by atoms with Crippen LogP contribution in [0.4, 0.5) is 5.95 Å². The molecule has 2 rings (SSSR count). The lowest BCUT2D eigenvalue weighted by Crippen LogP contribution is -2.39. The minimum absolute atomic E-state index is 0.435. The molecule has 1 aliphatic heterocycles. The highest BCUT2D eigenvalue weighted by Gasteiger charge is 2.21. The number of aromatic nitrogens is 3. The summed E-state index contributed by atoms with van der Waals surface area (Å²) in [6.45, 7) is 4.26. The highest BCUT2D eigenvalue weighted by Crippen LogP contribution is 2.19. The summed E-state index contributed by atoms with van der Waals surface area (Å²) in [5.41, 5.74) is 5.74. The first-order valence-electron chi connectivity index (χ1n) is 6.76. The maximum atomic E-state index is 5.74. The fraction of sp³-hybridized carbons (Fsp3) is 0.833. The minimum atomic E-state index is 0.435. The normalized spacial score (nSPS) is 19.9. The molecule has 0 amide bonds. The average molecular weight is 269 g/mol. The molecule has 1 unspecified atom stereocenters. The molecule has 0 spiro atoms. The maximum absolute atomic E-state index is 5.74. The number of ether oxygens (including phenoxy) is 2. The Hall–Kier alpha value is -1.18. The van der Waals surface area contributed by atoms with Crippen LogP contribution in [0.5, 0.6) is 0 Å². The minimum Gasteiger partial charge on any atom is -0.382 e. The maximum Gasteiger partial charge on any atom is 0.244 e. The molecule has 19 heavy (non-hydrogen) atoms. The fourth-order valence-corrected chi connectivity index (χ4v) is 2.24. The molecule has 1 aliphatic rings. The Balaban J connectivity index is 1.82. The van der Waals surface area contributed by atoms with E-state index in [9.17, 15) is 0 Å². The monoisotopic (exact) mass is 269 g/mol. The van der Waals surface area contributed by atoms with E-state index >= 15 is 0 Å². The summed E-state index contributed by atoms with van der Waals surface area (Å²) >= 11 is 0. The van der Waals surface area contributed by atoms with Gasteiger partial charge in [0, 0.05) is 20.2 Å². The first kappa shape index (κ1) is 14.2. The van der Waals surface area contributed by atoms with E-state index in [1.165, 1.54) is 6.42 Å². The van der Waals surface area contributed by atoms with Crippen LogP contribution in [0.1, 0.15) is 18.7 Å². The van der Waals surface area contributed by atoms with Crippen LogP contribution in [0.25, 0.3) is 0 Å². The van der Waals surface area contributed by atoms with Crippen LogP contribution in [0.15, 0.2) is 0 Å². The zero-order valence-electron chi connectivity index (χ0n) is 11.5. The van der Waals surface area contributed by atoms with E-state index in [0.717, 1.165) is 37.8 Å². The van der Waals surface area contributed by atoms with Gasteiger partial charge >= 0.3 is 0 Å². The van der Waals surface area contributed by atoms with E-state index in [1.807, 2.05) is 0 Å². The molecular weight excluding hydrogens is 246 g/mol. The second-order valence-corrected chi connectivity index (χ2v) is 4.82. The van der Waals surface area contributed by atoms with Crippen molar-refractivity contribution >= 4 is 5.95 Å². The van der Waals surface area contributed by atoms with Gasteiger partial charge in [0.25, 0.3) is 0 Å². The summed E-state index contributed by atoms with van der Waals surface area (Å²) in [5.74, 6) is 2.05. The third kappa shape index (κ3) is 4.15. The number of hydrogen-bond acceptors (Lipinski definition) is 6. The van der Waals surface area contributed by atoms with Crippen molar-refractivity contribution in [3.8, 4) is 0 Å². The molecular formula is C12H23N5O2. The van der Waals surface area contributed by atoms with Crippen LogP contribution in [0, 0.1) is 5.92 Å². The Morgan fingerprint density at radius 1 is 1.47 bits per heavy atom. The van der Waals surface area contributed by atoms with Crippen molar-refractivity contribution < 1.29 is 9.47 Å². The predicted molar refractivity (Wildman–Crippen MR) is 71.9 cm³/mol. The van der Waals surface area contributed by atoms with Crippen molar-refractivity contribution in [1.29, 1.82) is 0 Å². The predicted octanol–water partition coefficient (Wildman–Crippen LogP) is 0.143. The topological polar surface area (TPSA) is 89.3 Å². The van der Waals surface area contributed by atoms with E-state index in [-0.39, 0.29) is 0 Å². The van der Waals surface area contributed by atoms with Crippen molar-refractivity contribution in [3.63, 3.8) is 0 Å². The molecule has 3 N–H and O–H groups in total. The number of methoxy groups -OCH3 is 1.